The molecule has 0 aliphatic carbocycles. The number of hydrogen-bond acceptors (Lipinski definition) is 2. The summed E-state index contributed by atoms with van der Waals surface area (Å²) in [7, 11) is 0. The fraction of sp³-hybridized carbons (Fsp3) is 0.364. The highest BCUT2D eigenvalue weighted by molar-refractivity contribution is 9.10. The highest BCUT2D eigenvalue weighted by Gasteiger charge is 2.18. The third-order valence-electron chi connectivity index (χ3n) is 2.60. The Labute approximate surface area is 96.8 Å². The molecule has 1 aliphatic heterocycles. The van der Waals surface area contributed by atoms with E-state index in [1.807, 2.05) is 6.07 Å². The van der Waals surface area contributed by atoms with Gasteiger partial charge < -0.3 is 5.11 Å². The number of halogens is 1. The van der Waals surface area contributed by atoms with Gasteiger partial charge in [0.1, 0.15) is 0 Å². The zero-order valence-corrected chi connectivity index (χ0v) is 9.83. The number of benzene rings is 1. The van der Waals surface area contributed by atoms with Gasteiger partial charge in [-0.15, -0.1) is 0 Å². The van der Waals surface area contributed by atoms with Crippen LogP contribution in [0.5, 0.6) is 0 Å². The van der Waals surface area contributed by atoms with Crippen LogP contribution >= 0.6 is 15.9 Å². The number of carbonyl (C=O) groups is 1. The predicted molar refractivity (Wildman–Crippen MR) is 60.5 cm³/mol. The molecule has 0 spiro atoms. The van der Waals surface area contributed by atoms with E-state index in [1.54, 1.807) is 0 Å². The van der Waals surface area contributed by atoms with Crippen molar-refractivity contribution in [3.8, 4) is 0 Å². The molecule has 0 saturated carbocycles. The fourth-order valence-electron chi connectivity index (χ4n) is 1.85. The van der Waals surface area contributed by atoms with Crippen LogP contribution in [0.1, 0.15) is 17.5 Å². The second kappa shape index (κ2) is 4.33. The van der Waals surface area contributed by atoms with E-state index in [-0.39, 0.29) is 6.42 Å². The first kappa shape index (κ1) is 10.6. The molecule has 80 valence electrons. The van der Waals surface area contributed by atoms with Crippen LogP contribution in [0.3, 0.4) is 0 Å². The van der Waals surface area contributed by atoms with E-state index in [2.05, 4.69) is 33.0 Å². The van der Waals surface area contributed by atoms with E-state index in [1.165, 1.54) is 11.1 Å². The maximum atomic E-state index is 10.4. The zero-order chi connectivity index (χ0) is 10.8. The standard InChI is InChI=1S/C11H12BrNO2/c12-10-2-1-8-6-13(4-3-11(14)15)7-9(8)5-10/h1-2,5H,3-4,6-7H2,(H,14,15). The molecule has 1 aromatic rings. The van der Waals surface area contributed by atoms with E-state index in [0.717, 1.165) is 17.6 Å². The number of hydrogen-bond donors (Lipinski definition) is 1. The Hall–Kier alpha value is -0.870. The van der Waals surface area contributed by atoms with Crippen LogP contribution in [0.25, 0.3) is 0 Å². The minimum atomic E-state index is -0.730. The van der Waals surface area contributed by atoms with Gasteiger partial charge in [0, 0.05) is 24.1 Å². The molecular formula is C11H12BrNO2. The summed E-state index contributed by atoms with van der Waals surface area (Å²) in [5.41, 5.74) is 2.61. The minimum absolute atomic E-state index is 0.217. The molecule has 3 nitrogen and oxygen atoms in total. The molecule has 0 radical (unpaired) electrons. The molecular weight excluding hydrogens is 258 g/mol. The zero-order valence-electron chi connectivity index (χ0n) is 8.24. The van der Waals surface area contributed by atoms with Crippen LogP contribution in [-0.4, -0.2) is 22.5 Å². The highest BCUT2D eigenvalue weighted by Crippen LogP contribution is 2.25. The molecule has 2 rings (SSSR count). The van der Waals surface area contributed by atoms with Crippen molar-refractivity contribution in [3.63, 3.8) is 0 Å². The maximum absolute atomic E-state index is 10.4. The Morgan fingerprint density at radius 1 is 1.40 bits per heavy atom. The molecule has 0 saturated heterocycles. The lowest BCUT2D eigenvalue weighted by atomic mass is 10.1. The lowest BCUT2D eigenvalue weighted by molar-refractivity contribution is -0.137. The Balaban J connectivity index is 2.00. The number of fused-ring (bicyclic) bond motifs is 1. The van der Waals surface area contributed by atoms with E-state index in [0.29, 0.717) is 6.54 Å². The van der Waals surface area contributed by atoms with Gasteiger partial charge in [-0.05, 0) is 23.3 Å². The second-order valence-corrected chi connectivity index (χ2v) is 4.68. The lowest BCUT2D eigenvalue weighted by Crippen LogP contribution is -2.20. The van der Waals surface area contributed by atoms with Crippen LogP contribution in [0, 0.1) is 0 Å². The van der Waals surface area contributed by atoms with Crippen molar-refractivity contribution in [2.24, 2.45) is 0 Å². The molecule has 0 aromatic heterocycles. The largest absolute Gasteiger partial charge is 0.481 e. The molecule has 1 N–H and O–H groups in total. The van der Waals surface area contributed by atoms with Crippen molar-refractivity contribution in [1.29, 1.82) is 0 Å². The van der Waals surface area contributed by atoms with Crippen molar-refractivity contribution < 1.29 is 9.90 Å². The Kier molecular flexibility index (Phi) is 3.07. The Morgan fingerprint density at radius 3 is 2.87 bits per heavy atom. The van der Waals surface area contributed by atoms with Gasteiger partial charge in [0.15, 0.2) is 0 Å². The van der Waals surface area contributed by atoms with Crippen LogP contribution in [0.15, 0.2) is 22.7 Å². The van der Waals surface area contributed by atoms with E-state index in [9.17, 15) is 4.79 Å². The number of carboxylic acids is 1. The lowest BCUT2D eigenvalue weighted by Gasteiger charge is -2.12. The van der Waals surface area contributed by atoms with Gasteiger partial charge in [-0.2, -0.15) is 0 Å². The fourth-order valence-corrected chi connectivity index (χ4v) is 2.25. The summed E-state index contributed by atoms with van der Waals surface area (Å²) in [6.07, 6.45) is 0.217. The number of rotatable bonds is 3. The van der Waals surface area contributed by atoms with Crippen LogP contribution in [0.4, 0.5) is 0 Å². The van der Waals surface area contributed by atoms with Crippen molar-refractivity contribution in [2.75, 3.05) is 6.54 Å². The summed E-state index contributed by atoms with van der Waals surface area (Å²) in [6, 6.07) is 6.23. The van der Waals surface area contributed by atoms with Crippen molar-refractivity contribution in [1.82, 2.24) is 4.90 Å². The smallest absolute Gasteiger partial charge is 0.304 e. The SMILES string of the molecule is O=C(O)CCN1Cc2ccc(Br)cc2C1. The summed E-state index contributed by atoms with van der Waals surface area (Å²) in [5.74, 6) is -0.730. The molecule has 4 heteroatoms. The second-order valence-electron chi connectivity index (χ2n) is 3.77. The Bertz CT molecular complexity index is 392. The minimum Gasteiger partial charge on any atom is -0.481 e. The molecule has 0 amide bonds. The maximum Gasteiger partial charge on any atom is 0.304 e. The summed E-state index contributed by atoms with van der Waals surface area (Å²) in [6.45, 7) is 2.36. The van der Waals surface area contributed by atoms with Gasteiger partial charge in [0.2, 0.25) is 0 Å². The summed E-state index contributed by atoms with van der Waals surface area (Å²) >= 11 is 3.43. The van der Waals surface area contributed by atoms with Gasteiger partial charge in [0.25, 0.3) is 0 Å². The van der Waals surface area contributed by atoms with E-state index >= 15 is 0 Å². The van der Waals surface area contributed by atoms with Crippen molar-refractivity contribution in [2.45, 2.75) is 19.5 Å². The summed E-state index contributed by atoms with van der Waals surface area (Å²) in [4.78, 5) is 12.6. The van der Waals surface area contributed by atoms with Gasteiger partial charge in [-0.25, -0.2) is 0 Å². The summed E-state index contributed by atoms with van der Waals surface area (Å²) < 4.78 is 1.08. The normalized spacial score (nSPS) is 15.3. The molecule has 1 heterocycles. The molecule has 0 fully saturated rings. The third-order valence-corrected chi connectivity index (χ3v) is 3.09. The predicted octanol–water partition coefficient (Wildman–Crippen LogP) is 2.24. The van der Waals surface area contributed by atoms with Crippen LogP contribution < -0.4 is 0 Å². The first-order chi connectivity index (χ1) is 7.15. The third kappa shape index (κ3) is 2.58. The van der Waals surface area contributed by atoms with E-state index in [4.69, 9.17) is 5.11 Å². The van der Waals surface area contributed by atoms with Crippen LogP contribution in [-0.2, 0) is 17.9 Å². The summed E-state index contributed by atoms with van der Waals surface area (Å²) in [5, 5.41) is 8.60. The number of carboxylic acid groups (broad SMARTS) is 1. The first-order valence-electron chi connectivity index (χ1n) is 4.86. The van der Waals surface area contributed by atoms with E-state index < -0.39 is 5.97 Å². The number of aliphatic carboxylic acids is 1. The molecule has 1 aliphatic rings. The van der Waals surface area contributed by atoms with Gasteiger partial charge >= 0.3 is 5.97 Å². The average molecular weight is 270 g/mol. The van der Waals surface area contributed by atoms with Crippen molar-refractivity contribution >= 4 is 21.9 Å². The topological polar surface area (TPSA) is 40.5 Å². The van der Waals surface area contributed by atoms with Gasteiger partial charge in [0.05, 0.1) is 6.42 Å². The molecule has 0 bridgehead atoms. The monoisotopic (exact) mass is 269 g/mol. The average Bonchev–Trinajstić information content (AvgIpc) is 2.56. The quantitative estimate of drug-likeness (QED) is 0.915. The van der Waals surface area contributed by atoms with Gasteiger partial charge in [-0.3, -0.25) is 9.69 Å². The van der Waals surface area contributed by atoms with Crippen LogP contribution in [0.2, 0.25) is 0 Å². The van der Waals surface area contributed by atoms with Gasteiger partial charge in [-0.1, -0.05) is 22.0 Å². The molecule has 0 unspecified atom stereocenters. The Morgan fingerprint density at radius 2 is 2.13 bits per heavy atom. The molecule has 0 atom stereocenters. The first-order valence-corrected chi connectivity index (χ1v) is 5.66. The molecule has 1 aromatic carbocycles. The number of nitrogens with zero attached hydrogens (tertiary/aromatic N) is 1. The highest BCUT2D eigenvalue weighted by atomic mass is 79.9. The van der Waals surface area contributed by atoms with Crippen molar-refractivity contribution in [3.05, 3.63) is 33.8 Å². The molecule has 15 heavy (non-hydrogen) atoms.